The molecule has 0 saturated carbocycles. The van der Waals surface area contributed by atoms with Crippen molar-refractivity contribution in [1.82, 2.24) is 10.2 Å². The molecule has 0 aliphatic carbocycles. The topological polar surface area (TPSA) is 41.6 Å². The fourth-order valence-electron chi connectivity index (χ4n) is 2.59. The molecule has 8 heteroatoms. The monoisotopic (exact) mass is 424 g/mol. The minimum atomic E-state index is -2.32. The van der Waals surface area contributed by atoms with Crippen molar-refractivity contribution < 1.29 is 18.3 Å². The summed E-state index contributed by atoms with van der Waals surface area (Å²) < 4.78 is 31.0. The highest BCUT2D eigenvalue weighted by Crippen LogP contribution is 2.28. The van der Waals surface area contributed by atoms with E-state index in [1.165, 1.54) is 0 Å². The van der Waals surface area contributed by atoms with E-state index in [0.717, 1.165) is 0 Å². The molecule has 0 radical (unpaired) electrons. The van der Waals surface area contributed by atoms with Gasteiger partial charge in [0.15, 0.2) is 6.10 Å². The van der Waals surface area contributed by atoms with Crippen LogP contribution in [-0.2, 0) is 4.79 Å². The van der Waals surface area contributed by atoms with Gasteiger partial charge in [0.05, 0.1) is 11.0 Å². The quantitative estimate of drug-likeness (QED) is 0.755. The number of hydrogen-bond donors (Lipinski definition) is 1. The predicted octanol–water partition coefficient (Wildman–Crippen LogP) is 3.72. The molecule has 1 unspecified atom stereocenters. The molecule has 0 bridgehead atoms. The van der Waals surface area contributed by atoms with E-state index in [9.17, 15) is 13.6 Å². The first-order valence-corrected chi connectivity index (χ1v) is 8.95. The Morgan fingerprint density at radius 2 is 2.12 bits per heavy atom. The molecule has 1 heterocycles. The Morgan fingerprint density at radius 3 is 2.71 bits per heavy atom. The van der Waals surface area contributed by atoms with Crippen molar-refractivity contribution in [1.29, 1.82) is 0 Å². The summed E-state index contributed by atoms with van der Waals surface area (Å²) in [6.45, 7) is 2.59. The second kappa shape index (κ2) is 8.97. The number of benzene rings is 1. The summed E-state index contributed by atoms with van der Waals surface area (Å²) in [6, 6.07) is 5.07. The molecule has 1 aliphatic rings. The Kier molecular flexibility index (Phi) is 7.25. The third-order valence-corrected chi connectivity index (χ3v) is 4.75. The van der Waals surface area contributed by atoms with E-state index in [1.54, 1.807) is 30.0 Å². The van der Waals surface area contributed by atoms with Crippen LogP contribution in [-0.4, -0.2) is 49.0 Å². The molecule has 1 aromatic carbocycles. The molecule has 24 heavy (non-hydrogen) atoms. The van der Waals surface area contributed by atoms with Crippen molar-refractivity contribution in [2.75, 3.05) is 19.6 Å². The second-order valence-electron chi connectivity index (χ2n) is 5.81. The summed E-state index contributed by atoms with van der Waals surface area (Å²) in [6.07, 6.45) is -1.66. The fourth-order valence-corrected chi connectivity index (χ4v) is 3.36. The predicted molar refractivity (Wildman–Crippen MR) is 92.9 cm³/mol. The molecule has 1 atom stereocenters. The zero-order chi connectivity index (χ0) is 17.7. The van der Waals surface area contributed by atoms with Crippen molar-refractivity contribution in [2.24, 2.45) is 0 Å². The molecular formula is C16H20BrClF2N2O2. The maximum absolute atomic E-state index is 12.4. The molecule has 4 nitrogen and oxygen atoms in total. The number of likely N-dealkylation sites (tertiary alicyclic amines) is 1. The van der Waals surface area contributed by atoms with Crippen molar-refractivity contribution in [3.05, 3.63) is 27.7 Å². The first-order chi connectivity index (χ1) is 11.3. The minimum absolute atomic E-state index is 0.00821. The van der Waals surface area contributed by atoms with Crippen molar-refractivity contribution in [3.8, 4) is 5.75 Å². The van der Waals surface area contributed by atoms with Gasteiger partial charge in [0.2, 0.25) is 0 Å². The molecule has 1 aliphatic heterocycles. The number of carbonyl (C=O) groups excluding carboxylic acids is 1. The van der Waals surface area contributed by atoms with Gasteiger partial charge in [-0.1, -0.05) is 11.6 Å². The Balaban J connectivity index is 1.80. The lowest BCUT2D eigenvalue weighted by Crippen LogP contribution is -2.48. The zero-order valence-electron chi connectivity index (χ0n) is 13.3. The van der Waals surface area contributed by atoms with Crippen molar-refractivity contribution in [2.45, 2.75) is 38.3 Å². The van der Waals surface area contributed by atoms with Gasteiger partial charge in [-0.2, -0.15) is 0 Å². The normalized spacial score (nSPS) is 17.8. The van der Waals surface area contributed by atoms with E-state index in [4.69, 9.17) is 16.3 Å². The number of nitrogens with one attached hydrogen (secondary N) is 1. The van der Waals surface area contributed by atoms with Gasteiger partial charge in [0.25, 0.3) is 12.3 Å². The Bertz CT molecular complexity index is 569. The van der Waals surface area contributed by atoms with Gasteiger partial charge in [-0.3, -0.25) is 9.69 Å². The van der Waals surface area contributed by atoms with E-state index in [2.05, 4.69) is 21.2 Å². The van der Waals surface area contributed by atoms with Gasteiger partial charge in [0.1, 0.15) is 5.75 Å². The van der Waals surface area contributed by atoms with Crippen LogP contribution in [0.4, 0.5) is 8.78 Å². The van der Waals surface area contributed by atoms with Gasteiger partial charge in [-0.15, -0.1) is 0 Å². The van der Waals surface area contributed by atoms with Crippen LogP contribution in [0.1, 0.15) is 19.8 Å². The highest BCUT2D eigenvalue weighted by molar-refractivity contribution is 9.10. The molecule has 1 N–H and O–H groups in total. The number of ether oxygens (including phenoxy) is 1. The number of hydrogen-bond acceptors (Lipinski definition) is 3. The number of halogens is 4. The summed E-state index contributed by atoms with van der Waals surface area (Å²) in [5.41, 5.74) is 0. The molecule has 1 fully saturated rings. The lowest BCUT2D eigenvalue weighted by atomic mass is 10.0. The summed E-state index contributed by atoms with van der Waals surface area (Å²) in [4.78, 5) is 14.0. The van der Waals surface area contributed by atoms with Crippen LogP contribution >= 0.6 is 27.5 Å². The molecule has 0 aromatic heterocycles. The lowest BCUT2D eigenvalue weighted by molar-refractivity contribution is -0.128. The number of carbonyl (C=O) groups is 1. The molecule has 1 aromatic rings. The summed E-state index contributed by atoms with van der Waals surface area (Å²) in [5.74, 6) is 0.318. The number of piperidine rings is 1. The Morgan fingerprint density at radius 1 is 1.46 bits per heavy atom. The number of rotatable bonds is 6. The smallest absolute Gasteiger partial charge is 0.260 e. The first kappa shape index (κ1) is 19.4. The number of nitrogens with zero attached hydrogens (tertiary/aromatic N) is 1. The Labute approximate surface area is 153 Å². The number of alkyl halides is 2. The van der Waals surface area contributed by atoms with Gasteiger partial charge in [-0.05, 0) is 53.9 Å². The molecule has 0 spiro atoms. The standard InChI is InChI=1S/C16H20BrClF2N2O2/c1-10(24-14-3-2-11(18)8-13(14)17)16(23)21-12-4-6-22(7-5-12)9-15(19)20/h2-3,8,10,12,15H,4-7,9H2,1H3,(H,21,23). The van der Waals surface area contributed by atoms with E-state index >= 15 is 0 Å². The maximum Gasteiger partial charge on any atom is 0.260 e. The van der Waals surface area contributed by atoms with Gasteiger partial charge in [-0.25, -0.2) is 8.78 Å². The molecule has 134 valence electrons. The SMILES string of the molecule is CC(Oc1ccc(Cl)cc1Br)C(=O)NC1CCN(CC(F)F)CC1. The average molecular weight is 426 g/mol. The molecule has 2 rings (SSSR count). The highest BCUT2D eigenvalue weighted by atomic mass is 79.9. The van der Waals surface area contributed by atoms with E-state index in [0.29, 0.717) is 41.2 Å². The minimum Gasteiger partial charge on any atom is -0.480 e. The lowest BCUT2D eigenvalue weighted by Gasteiger charge is -2.32. The number of amides is 1. The first-order valence-electron chi connectivity index (χ1n) is 7.77. The molecule has 1 saturated heterocycles. The summed E-state index contributed by atoms with van der Waals surface area (Å²) in [5, 5.41) is 3.50. The summed E-state index contributed by atoms with van der Waals surface area (Å²) in [7, 11) is 0. The van der Waals surface area contributed by atoms with Crippen molar-refractivity contribution in [3.63, 3.8) is 0 Å². The van der Waals surface area contributed by atoms with E-state index < -0.39 is 12.5 Å². The van der Waals surface area contributed by atoms with Crippen LogP contribution in [0.25, 0.3) is 0 Å². The molecule has 1 amide bonds. The average Bonchev–Trinajstić information content (AvgIpc) is 2.51. The van der Waals surface area contributed by atoms with Gasteiger partial charge < -0.3 is 10.1 Å². The third-order valence-electron chi connectivity index (χ3n) is 3.90. The van der Waals surface area contributed by atoms with Crippen LogP contribution in [0.5, 0.6) is 5.75 Å². The van der Waals surface area contributed by atoms with Crippen LogP contribution < -0.4 is 10.1 Å². The Hall–Kier alpha value is -0.920. The third kappa shape index (κ3) is 5.86. The highest BCUT2D eigenvalue weighted by Gasteiger charge is 2.25. The summed E-state index contributed by atoms with van der Waals surface area (Å²) >= 11 is 9.21. The second-order valence-corrected chi connectivity index (χ2v) is 7.10. The van der Waals surface area contributed by atoms with Crippen LogP contribution in [0, 0.1) is 0 Å². The largest absolute Gasteiger partial charge is 0.480 e. The van der Waals surface area contributed by atoms with Gasteiger partial charge in [0, 0.05) is 24.2 Å². The van der Waals surface area contributed by atoms with E-state index in [-0.39, 0.29) is 18.5 Å². The van der Waals surface area contributed by atoms with E-state index in [1.807, 2.05) is 0 Å². The van der Waals surface area contributed by atoms with Crippen LogP contribution in [0.15, 0.2) is 22.7 Å². The maximum atomic E-state index is 12.4. The zero-order valence-corrected chi connectivity index (χ0v) is 15.6. The van der Waals surface area contributed by atoms with Crippen molar-refractivity contribution >= 4 is 33.4 Å². The van der Waals surface area contributed by atoms with Crippen LogP contribution in [0.3, 0.4) is 0 Å². The molecular weight excluding hydrogens is 406 g/mol. The fraction of sp³-hybridized carbons (Fsp3) is 0.562. The van der Waals surface area contributed by atoms with Crippen LogP contribution in [0.2, 0.25) is 5.02 Å². The van der Waals surface area contributed by atoms with Gasteiger partial charge >= 0.3 is 0 Å².